The fourth-order valence-electron chi connectivity index (χ4n) is 3.28. The summed E-state index contributed by atoms with van der Waals surface area (Å²) in [6.07, 6.45) is 0.399. The van der Waals surface area contributed by atoms with Gasteiger partial charge in [-0.25, -0.2) is 4.68 Å². The highest BCUT2D eigenvalue weighted by molar-refractivity contribution is 5.63. The van der Waals surface area contributed by atoms with Crippen molar-refractivity contribution in [2.24, 2.45) is 0 Å². The third-order valence-corrected chi connectivity index (χ3v) is 4.82. The zero-order valence-corrected chi connectivity index (χ0v) is 16.2. The van der Waals surface area contributed by atoms with Crippen molar-refractivity contribution in [2.45, 2.75) is 19.9 Å². The molecule has 0 aliphatic carbocycles. The fourth-order valence-corrected chi connectivity index (χ4v) is 3.28. The first-order chi connectivity index (χ1) is 14.7. The van der Waals surface area contributed by atoms with Gasteiger partial charge in [0.2, 0.25) is 18.5 Å². The van der Waals surface area contributed by atoms with Crippen LogP contribution in [-0.2, 0) is 13.0 Å². The summed E-state index contributed by atoms with van der Waals surface area (Å²) >= 11 is 0. The monoisotopic (exact) mass is 402 g/mol. The van der Waals surface area contributed by atoms with Gasteiger partial charge in [-0.3, -0.25) is 4.79 Å². The van der Waals surface area contributed by atoms with E-state index < -0.39 is 0 Å². The van der Waals surface area contributed by atoms with E-state index in [0.29, 0.717) is 41.9 Å². The number of rotatable bonds is 5. The van der Waals surface area contributed by atoms with Gasteiger partial charge >= 0.3 is 0 Å². The lowest BCUT2D eigenvalue weighted by molar-refractivity contribution is 0.174. The number of benzene rings is 2. The van der Waals surface area contributed by atoms with E-state index in [1.807, 2.05) is 49.4 Å². The summed E-state index contributed by atoms with van der Waals surface area (Å²) in [6, 6.07) is 16.7. The van der Waals surface area contributed by atoms with Crippen molar-refractivity contribution in [1.29, 1.82) is 0 Å². The SMILES string of the molecule is Cc1cccc(-c2noc(CCn3nc(-c4ccc5c(c4)OCO5)ccc3=O)n2)c1. The van der Waals surface area contributed by atoms with Crippen LogP contribution in [0.15, 0.2) is 63.9 Å². The second-order valence-electron chi connectivity index (χ2n) is 6.98. The molecule has 0 unspecified atom stereocenters. The predicted molar refractivity (Wildman–Crippen MR) is 108 cm³/mol. The summed E-state index contributed by atoms with van der Waals surface area (Å²) in [5, 5.41) is 8.52. The Morgan fingerprint density at radius 1 is 1.00 bits per heavy atom. The molecule has 2 aromatic heterocycles. The van der Waals surface area contributed by atoms with Gasteiger partial charge < -0.3 is 14.0 Å². The molecule has 0 radical (unpaired) electrons. The zero-order chi connectivity index (χ0) is 20.5. The molecule has 150 valence electrons. The maximum Gasteiger partial charge on any atom is 0.266 e. The number of aryl methyl sites for hydroxylation is 3. The van der Waals surface area contributed by atoms with Crippen LogP contribution in [0.1, 0.15) is 11.5 Å². The largest absolute Gasteiger partial charge is 0.454 e. The van der Waals surface area contributed by atoms with Crippen LogP contribution in [0.25, 0.3) is 22.6 Å². The Balaban J connectivity index is 1.34. The lowest BCUT2D eigenvalue weighted by Crippen LogP contribution is -2.23. The van der Waals surface area contributed by atoms with Crippen molar-refractivity contribution in [3.05, 3.63) is 76.4 Å². The van der Waals surface area contributed by atoms with E-state index in [0.717, 1.165) is 16.7 Å². The Morgan fingerprint density at radius 3 is 2.80 bits per heavy atom. The lowest BCUT2D eigenvalue weighted by Gasteiger charge is -2.06. The highest BCUT2D eigenvalue weighted by Gasteiger charge is 2.15. The molecule has 0 spiro atoms. The molecule has 0 saturated carbocycles. The molecule has 2 aromatic carbocycles. The van der Waals surface area contributed by atoms with Crippen LogP contribution in [0.3, 0.4) is 0 Å². The number of aromatic nitrogens is 4. The quantitative estimate of drug-likeness (QED) is 0.506. The Bertz CT molecular complexity index is 1280. The molecule has 0 saturated heterocycles. The third kappa shape index (κ3) is 3.55. The second kappa shape index (κ2) is 7.47. The van der Waals surface area contributed by atoms with Gasteiger partial charge in [-0.1, -0.05) is 28.9 Å². The van der Waals surface area contributed by atoms with Crippen molar-refractivity contribution in [3.63, 3.8) is 0 Å². The number of hydrogen-bond donors (Lipinski definition) is 0. The van der Waals surface area contributed by atoms with E-state index in [2.05, 4.69) is 15.2 Å². The predicted octanol–water partition coefficient (Wildman–Crippen LogP) is 3.24. The van der Waals surface area contributed by atoms with Gasteiger partial charge in [0.15, 0.2) is 11.5 Å². The van der Waals surface area contributed by atoms with Crippen LogP contribution in [0.5, 0.6) is 11.5 Å². The van der Waals surface area contributed by atoms with Crippen molar-refractivity contribution >= 4 is 0 Å². The van der Waals surface area contributed by atoms with Crippen LogP contribution in [-0.4, -0.2) is 26.7 Å². The Labute approximate surface area is 171 Å². The van der Waals surface area contributed by atoms with Gasteiger partial charge in [-0.05, 0) is 37.3 Å². The van der Waals surface area contributed by atoms with Gasteiger partial charge in [-0.15, -0.1) is 0 Å². The first-order valence-corrected chi connectivity index (χ1v) is 9.53. The van der Waals surface area contributed by atoms with Crippen LogP contribution >= 0.6 is 0 Å². The molecular formula is C22H18N4O4. The van der Waals surface area contributed by atoms with Gasteiger partial charge in [0.25, 0.3) is 5.56 Å². The average molecular weight is 402 g/mol. The maximum absolute atomic E-state index is 12.3. The third-order valence-electron chi connectivity index (χ3n) is 4.82. The van der Waals surface area contributed by atoms with Crippen LogP contribution in [0, 0.1) is 6.92 Å². The molecule has 4 aromatic rings. The number of ether oxygens (including phenoxy) is 2. The Morgan fingerprint density at radius 2 is 1.90 bits per heavy atom. The molecule has 3 heterocycles. The second-order valence-corrected chi connectivity index (χ2v) is 6.98. The van der Waals surface area contributed by atoms with Gasteiger partial charge in [0.05, 0.1) is 12.2 Å². The number of nitrogens with zero attached hydrogens (tertiary/aromatic N) is 4. The number of hydrogen-bond acceptors (Lipinski definition) is 7. The summed E-state index contributed by atoms with van der Waals surface area (Å²) in [4.78, 5) is 16.7. The maximum atomic E-state index is 12.3. The van der Waals surface area contributed by atoms with E-state index >= 15 is 0 Å². The molecule has 0 atom stereocenters. The fraction of sp³-hybridized carbons (Fsp3) is 0.182. The minimum atomic E-state index is -0.196. The van der Waals surface area contributed by atoms with Gasteiger partial charge in [-0.2, -0.15) is 10.1 Å². The molecule has 8 heteroatoms. The smallest absolute Gasteiger partial charge is 0.266 e. The van der Waals surface area contributed by atoms with E-state index in [4.69, 9.17) is 14.0 Å². The topological polar surface area (TPSA) is 92.3 Å². The van der Waals surface area contributed by atoms with Crippen LogP contribution < -0.4 is 15.0 Å². The molecule has 8 nitrogen and oxygen atoms in total. The van der Waals surface area contributed by atoms with E-state index in [9.17, 15) is 4.79 Å². The first-order valence-electron chi connectivity index (χ1n) is 9.53. The molecule has 0 fully saturated rings. The highest BCUT2D eigenvalue weighted by Crippen LogP contribution is 2.35. The highest BCUT2D eigenvalue weighted by atomic mass is 16.7. The minimum absolute atomic E-state index is 0.196. The summed E-state index contributed by atoms with van der Waals surface area (Å²) in [6.45, 7) is 2.54. The van der Waals surface area contributed by atoms with E-state index in [1.165, 1.54) is 10.7 Å². The first kappa shape index (κ1) is 18.1. The summed E-state index contributed by atoms with van der Waals surface area (Å²) < 4.78 is 17.5. The van der Waals surface area contributed by atoms with E-state index in [1.54, 1.807) is 6.07 Å². The van der Waals surface area contributed by atoms with Gasteiger partial charge in [0, 0.05) is 23.6 Å². The lowest BCUT2D eigenvalue weighted by atomic mass is 10.1. The van der Waals surface area contributed by atoms with Crippen LogP contribution in [0.2, 0.25) is 0 Å². The average Bonchev–Trinajstić information content (AvgIpc) is 3.42. The molecular weight excluding hydrogens is 384 g/mol. The molecule has 5 rings (SSSR count). The van der Waals surface area contributed by atoms with Gasteiger partial charge in [0.1, 0.15) is 0 Å². The van der Waals surface area contributed by atoms with Crippen molar-refractivity contribution in [2.75, 3.05) is 6.79 Å². The van der Waals surface area contributed by atoms with E-state index in [-0.39, 0.29) is 12.4 Å². The molecule has 1 aliphatic heterocycles. The Kier molecular flexibility index (Phi) is 4.51. The van der Waals surface area contributed by atoms with Crippen molar-refractivity contribution in [1.82, 2.24) is 19.9 Å². The molecule has 1 aliphatic rings. The summed E-state index contributed by atoms with van der Waals surface area (Å²) in [5.41, 5.74) is 3.32. The molecule has 30 heavy (non-hydrogen) atoms. The van der Waals surface area contributed by atoms with Crippen LogP contribution in [0.4, 0.5) is 0 Å². The normalized spacial score (nSPS) is 12.3. The number of fused-ring (bicyclic) bond motifs is 1. The summed E-state index contributed by atoms with van der Waals surface area (Å²) in [7, 11) is 0. The Hall–Kier alpha value is -3.94. The van der Waals surface area contributed by atoms with Crippen molar-refractivity contribution < 1.29 is 14.0 Å². The minimum Gasteiger partial charge on any atom is -0.454 e. The van der Waals surface area contributed by atoms with Crippen molar-refractivity contribution in [3.8, 4) is 34.1 Å². The molecule has 0 amide bonds. The molecule has 0 bridgehead atoms. The summed E-state index contributed by atoms with van der Waals surface area (Å²) in [5.74, 6) is 2.35. The standard InChI is InChI=1S/C22H18N4O4/c1-14-3-2-4-16(11-14)22-23-20(30-25-22)9-10-26-21(27)8-6-17(24-26)15-5-7-18-19(12-15)29-13-28-18/h2-8,11-12H,9-10,13H2,1H3. The zero-order valence-electron chi connectivity index (χ0n) is 16.2. The molecule has 0 N–H and O–H groups in total.